The fourth-order valence-electron chi connectivity index (χ4n) is 2.68. The number of hydrogen-bond acceptors (Lipinski definition) is 5. The van der Waals surface area contributed by atoms with Gasteiger partial charge in [-0.25, -0.2) is 12.7 Å². The first kappa shape index (κ1) is 20.0. The van der Waals surface area contributed by atoms with E-state index in [0.717, 1.165) is 23.7 Å². The predicted octanol–water partition coefficient (Wildman–Crippen LogP) is 1.08. The van der Waals surface area contributed by atoms with Crippen LogP contribution in [0.2, 0.25) is 0 Å². The number of halogens is 1. The molecule has 1 N–H and O–H groups in total. The highest BCUT2D eigenvalue weighted by Gasteiger charge is 2.32. The topological polar surface area (TPSA) is 82.9 Å². The third-order valence-electron chi connectivity index (χ3n) is 3.94. The van der Waals surface area contributed by atoms with Crippen LogP contribution in [-0.2, 0) is 10.0 Å². The Labute approximate surface area is 143 Å². The fraction of sp³-hybridized carbons (Fsp3) is 0.643. The molecule has 23 heavy (non-hydrogen) atoms. The Bertz CT molecular complexity index is 657. The molecular weight excluding hydrogens is 342 g/mol. The molecule has 1 aromatic heterocycles. The van der Waals surface area contributed by atoms with Gasteiger partial charge in [-0.2, -0.15) is 0 Å². The van der Waals surface area contributed by atoms with Crippen molar-refractivity contribution in [1.82, 2.24) is 14.5 Å². The van der Waals surface area contributed by atoms with Crippen molar-refractivity contribution < 1.29 is 17.6 Å². The van der Waals surface area contributed by atoms with E-state index in [4.69, 9.17) is 4.42 Å². The lowest BCUT2D eigenvalue weighted by Gasteiger charge is -2.24. The van der Waals surface area contributed by atoms with Gasteiger partial charge in [-0.1, -0.05) is 0 Å². The summed E-state index contributed by atoms with van der Waals surface area (Å²) in [5, 5.41) is 2.89. The Balaban J connectivity index is 0.00000264. The monoisotopic (exact) mass is 365 g/mol. The third-order valence-corrected chi connectivity index (χ3v) is 5.61. The summed E-state index contributed by atoms with van der Waals surface area (Å²) in [6, 6.07) is 1.47. The number of aryl methyl sites for hydroxylation is 1. The Hall–Kier alpha value is -1.09. The van der Waals surface area contributed by atoms with E-state index in [2.05, 4.69) is 5.32 Å². The minimum absolute atomic E-state index is 0. The molecular formula is C14H24ClN3O4S. The average Bonchev–Trinajstić information content (AvgIpc) is 3.05. The van der Waals surface area contributed by atoms with Crippen molar-refractivity contribution in [2.24, 2.45) is 0 Å². The highest BCUT2D eigenvalue weighted by atomic mass is 35.5. The van der Waals surface area contributed by atoms with Gasteiger partial charge in [0.25, 0.3) is 15.9 Å². The number of carbonyl (C=O) groups excluding carboxylic acids is 1. The summed E-state index contributed by atoms with van der Waals surface area (Å²) >= 11 is 0. The van der Waals surface area contributed by atoms with Crippen LogP contribution in [0.15, 0.2) is 15.6 Å². The molecule has 0 aromatic carbocycles. The Morgan fingerprint density at radius 2 is 2.13 bits per heavy atom. The number of sulfonamides is 1. The third kappa shape index (κ3) is 3.88. The van der Waals surface area contributed by atoms with E-state index < -0.39 is 10.0 Å². The summed E-state index contributed by atoms with van der Waals surface area (Å²) < 4.78 is 30.6. The van der Waals surface area contributed by atoms with Crippen LogP contribution >= 0.6 is 12.4 Å². The first-order chi connectivity index (χ1) is 10.3. The summed E-state index contributed by atoms with van der Waals surface area (Å²) in [5.74, 6) is 0.166. The maximum absolute atomic E-state index is 12.7. The number of nitrogens with one attached hydrogen (secondary N) is 1. The highest BCUT2D eigenvalue weighted by Crippen LogP contribution is 2.25. The average molecular weight is 366 g/mol. The van der Waals surface area contributed by atoms with E-state index in [-0.39, 0.29) is 29.4 Å². The first-order valence-electron chi connectivity index (χ1n) is 7.27. The molecule has 1 aliphatic rings. The van der Waals surface area contributed by atoms with E-state index in [1.54, 1.807) is 11.8 Å². The molecule has 0 aliphatic carbocycles. The molecule has 0 bridgehead atoms. The summed E-state index contributed by atoms with van der Waals surface area (Å²) in [4.78, 5) is 14.5. The van der Waals surface area contributed by atoms with Crippen molar-refractivity contribution in [3.05, 3.63) is 17.4 Å². The van der Waals surface area contributed by atoms with Crippen LogP contribution in [0.25, 0.3) is 0 Å². The first-order valence-corrected chi connectivity index (χ1v) is 8.71. The smallest absolute Gasteiger partial charge is 0.275 e. The molecule has 1 atom stereocenters. The molecule has 1 aromatic rings. The normalized spacial score (nSPS) is 18.3. The fourth-order valence-corrected chi connectivity index (χ4v) is 3.54. The Kier molecular flexibility index (Phi) is 6.64. The SMILES string of the molecule is CNCC1CCCN1C(=O)c1cc(S(=O)(=O)N(C)C)oc1C.Cl. The zero-order chi connectivity index (χ0) is 16.5. The van der Waals surface area contributed by atoms with Crippen LogP contribution < -0.4 is 5.32 Å². The van der Waals surface area contributed by atoms with Crippen molar-refractivity contribution in [2.75, 3.05) is 34.2 Å². The summed E-state index contributed by atoms with van der Waals surface area (Å²) in [6.07, 6.45) is 1.91. The van der Waals surface area contributed by atoms with E-state index in [1.165, 1.54) is 20.2 Å². The maximum atomic E-state index is 12.7. The molecule has 9 heteroatoms. The molecule has 1 amide bonds. The minimum Gasteiger partial charge on any atom is -0.448 e. The largest absolute Gasteiger partial charge is 0.448 e. The van der Waals surface area contributed by atoms with Gasteiger partial charge < -0.3 is 14.6 Å². The molecule has 132 valence electrons. The van der Waals surface area contributed by atoms with Crippen molar-refractivity contribution >= 4 is 28.3 Å². The van der Waals surface area contributed by atoms with Crippen LogP contribution in [0.3, 0.4) is 0 Å². The molecule has 0 spiro atoms. The number of amides is 1. The van der Waals surface area contributed by atoms with Crippen molar-refractivity contribution in [3.8, 4) is 0 Å². The molecule has 7 nitrogen and oxygen atoms in total. The molecule has 0 radical (unpaired) electrons. The quantitative estimate of drug-likeness (QED) is 0.844. The number of furan rings is 1. The molecule has 1 aliphatic heterocycles. The molecule has 1 saturated heterocycles. The number of nitrogens with zero attached hydrogens (tertiary/aromatic N) is 2. The van der Waals surface area contributed by atoms with Gasteiger partial charge in [0, 0.05) is 39.3 Å². The number of rotatable bonds is 5. The number of likely N-dealkylation sites (N-methyl/N-ethyl adjacent to an activating group) is 1. The van der Waals surface area contributed by atoms with Crippen LogP contribution in [-0.4, -0.2) is 63.8 Å². The second-order valence-electron chi connectivity index (χ2n) is 5.68. The van der Waals surface area contributed by atoms with E-state index in [1.807, 2.05) is 7.05 Å². The Morgan fingerprint density at radius 3 is 2.70 bits per heavy atom. The van der Waals surface area contributed by atoms with Crippen molar-refractivity contribution in [2.45, 2.75) is 30.9 Å². The van der Waals surface area contributed by atoms with Gasteiger partial charge in [-0.05, 0) is 26.8 Å². The van der Waals surface area contributed by atoms with Gasteiger partial charge in [-0.15, -0.1) is 12.4 Å². The summed E-state index contributed by atoms with van der Waals surface area (Å²) in [6.45, 7) is 3.03. The number of likely N-dealkylation sites (tertiary alicyclic amines) is 1. The number of hydrogen-bond donors (Lipinski definition) is 1. The van der Waals surface area contributed by atoms with Crippen LogP contribution in [0, 0.1) is 6.92 Å². The lowest BCUT2D eigenvalue weighted by molar-refractivity contribution is 0.0735. The summed E-state index contributed by atoms with van der Waals surface area (Å²) in [7, 11) is 1.03. The van der Waals surface area contributed by atoms with Gasteiger partial charge in [0.2, 0.25) is 5.09 Å². The molecule has 1 fully saturated rings. The van der Waals surface area contributed by atoms with Gasteiger partial charge in [0.05, 0.1) is 5.56 Å². The van der Waals surface area contributed by atoms with E-state index >= 15 is 0 Å². The minimum atomic E-state index is -3.68. The standard InChI is InChI=1S/C14H23N3O4S.ClH/c1-10-12(8-13(21-10)22(19,20)16(3)4)14(18)17-7-5-6-11(17)9-15-2;/h8,11,15H,5-7,9H2,1-4H3;1H. The molecule has 0 saturated carbocycles. The maximum Gasteiger partial charge on any atom is 0.275 e. The molecule has 1 unspecified atom stereocenters. The molecule has 2 heterocycles. The second kappa shape index (κ2) is 7.65. The van der Waals surface area contributed by atoms with Gasteiger partial charge >= 0.3 is 0 Å². The van der Waals surface area contributed by atoms with E-state index in [0.29, 0.717) is 17.9 Å². The van der Waals surface area contributed by atoms with Gasteiger partial charge in [0.15, 0.2) is 0 Å². The highest BCUT2D eigenvalue weighted by molar-refractivity contribution is 7.88. The lowest BCUT2D eigenvalue weighted by Crippen LogP contribution is -2.40. The van der Waals surface area contributed by atoms with Crippen LogP contribution in [0.1, 0.15) is 29.0 Å². The number of carbonyl (C=O) groups is 1. The predicted molar refractivity (Wildman–Crippen MR) is 89.6 cm³/mol. The molecule has 2 rings (SSSR count). The van der Waals surface area contributed by atoms with Crippen molar-refractivity contribution in [1.29, 1.82) is 0 Å². The zero-order valence-corrected chi connectivity index (χ0v) is 15.5. The lowest BCUT2D eigenvalue weighted by atomic mass is 10.2. The Morgan fingerprint density at radius 1 is 1.48 bits per heavy atom. The van der Waals surface area contributed by atoms with Crippen LogP contribution in [0.5, 0.6) is 0 Å². The van der Waals surface area contributed by atoms with E-state index in [9.17, 15) is 13.2 Å². The van der Waals surface area contributed by atoms with Gasteiger partial charge in [-0.3, -0.25) is 4.79 Å². The second-order valence-corrected chi connectivity index (χ2v) is 7.76. The van der Waals surface area contributed by atoms with Crippen LogP contribution in [0.4, 0.5) is 0 Å². The van der Waals surface area contributed by atoms with Crippen molar-refractivity contribution in [3.63, 3.8) is 0 Å². The van der Waals surface area contributed by atoms with Gasteiger partial charge in [0.1, 0.15) is 5.76 Å². The summed E-state index contributed by atoms with van der Waals surface area (Å²) in [5.41, 5.74) is 0.323. The zero-order valence-electron chi connectivity index (χ0n) is 13.8.